The lowest BCUT2D eigenvalue weighted by Crippen LogP contribution is -2.38. The second-order valence-corrected chi connectivity index (χ2v) is 5.44. The third-order valence-electron chi connectivity index (χ3n) is 3.63. The van der Waals surface area contributed by atoms with Gasteiger partial charge in [0, 0.05) is 5.69 Å². The van der Waals surface area contributed by atoms with Crippen LogP contribution in [-0.4, -0.2) is 17.8 Å². The van der Waals surface area contributed by atoms with Crippen molar-refractivity contribution < 1.29 is 31.9 Å². The Kier molecular flexibility index (Phi) is 4.20. The molecule has 0 saturated heterocycles. The fourth-order valence-corrected chi connectivity index (χ4v) is 2.44. The number of alkyl halides is 3. The minimum atomic E-state index is -4.54. The minimum Gasteiger partial charge on any atom is -0.479 e. The molecule has 1 unspecified atom stereocenters. The molecule has 2 aromatic carbocycles. The molecule has 4 nitrogen and oxygen atoms in total. The molecule has 2 aromatic rings. The molecular weight excluding hydrogens is 342 g/mol. The van der Waals surface area contributed by atoms with Crippen molar-refractivity contribution in [1.82, 2.24) is 0 Å². The molecular formula is C17H11F4NO3. The molecule has 0 radical (unpaired) electrons. The maximum atomic E-state index is 13.2. The number of rotatable bonds is 2. The number of amides is 1. The van der Waals surface area contributed by atoms with Gasteiger partial charge in [-0.1, -0.05) is 6.07 Å². The summed E-state index contributed by atoms with van der Waals surface area (Å²) in [4.78, 5) is 24.2. The zero-order valence-corrected chi connectivity index (χ0v) is 12.6. The molecule has 1 amide bonds. The lowest BCUT2D eigenvalue weighted by Gasteiger charge is -2.24. The molecule has 1 heterocycles. The van der Waals surface area contributed by atoms with Crippen molar-refractivity contribution in [3.05, 3.63) is 59.4 Å². The Bertz CT molecular complexity index is 848. The van der Waals surface area contributed by atoms with Crippen molar-refractivity contribution in [2.75, 3.05) is 5.32 Å². The number of hydrogen-bond donors (Lipinski definition) is 1. The number of ether oxygens (including phenoxy) is 1. The molecule has 8 heteroatoms. The summed E-state index contributed by atoms with van der Waals surface area (Å²) >= 11 is 0. The zero-order valence-electron chi connectivity index (χ0n) is 12.6. The van der Waals surface area contributed by atoms with Crippen LogP contribution in [0.4, 0.5) is 23.2 Å². The fourth-order valence-electron chi connectivity index (χ4n) is 2.44. The van der Waals surface area contributed by atoms with Gasteiger partial charge in [0.1, 0.15) is 11.6 Å². The minimum absolute atomic E-state index is 0.0307. The summed E-state index contributed by atoms with van der Waals surface area (Å²) < 4.78 is 56.6. The Morgan fingerprint density at radius 2 is 1.92 bits per heavy atom. The summed E-state index contributed by atoms with van der Waals surface area (Å²) in [6, 6.07) is 7.43. The van der Waals surface area contributed by atoms with Gasteiger partial charge in [0.15, 0.2) is 11.9 Å². The molecule has 25 heavy (non-hydrogen) atoms. The van der Waals surface area contributed by atoms with Crippen LogP contribution < -0.4 is 10.1 Å². The van der Waals surface area contributed by atoms with E-state index in [1.807, 2.05) is 0 Å². The van der Waals surface area contributed by atoms with E-state index in [4.69, 9.17) is 4.74 Å². The van der Waals surface area contributed by atoms with Gasteiger partial charge < -0.3 is 10.1 Å². The molecule has 1 aliphatic rings. The largest absolute Gasteiger partial charge is 0.479 e. The Labute approximate surface area is 139 Å². The van der Waals surface area contributed by atoms with Crippen LogP contribution in [-0.2, 0) is 11.0 Å². The average molecular weight is 353 g/mol. The van der Waals surface area contributed by atoms with Gasteiger partial charge >= 0.3 is 6.18 Å². The fraction of sp³-hybridized carbons (Fsp3) is 0.176. The van der Waals surface area contributed by atoms with Gasteiger partial charge in [0.2, 0.25) is 0 Å². The third kappa shape index (κ3) is 3.62. The monoisotopic (exact) mass is 353 g/mol. The summed E-state index contributed by atoms with van der Waals surface area (Å²) in [6.07, 6.45) is -6.08. The van der Waals surface area contributed by atoms with Gasteiger partial charge in [-0.2, -0.15) is 13.2 Å². The predicted molar refractivity (Wildman–Crippen MR) is 79.8 cm³/mol. The molecule has 0 aliphatic carbocycles. The van der Waals surface area contributed by atoms with Crippen molar-refractivity contribution in [1.29, 1.82) is 0 Å². The van der Waals surface area contributed by atoms with Crippen molar-refractivity contribution in [2.24, 2.45) is 0 Å². The number of benzene rings is 2. The first-order chi connectivity index (χ1) is 11.7. The molecule has 1 atom stereocenters. The standard InChI is InChI=1S/C17H11F4NO3/c18-10-4-5-14-12(7-10)13(23)8-15(25-14)16(24)22-11-3-1-2-9(6-11)17(19,20)21/h1-7,15H,8H2,(H,22,24). The van der Waals surface area contributed by atoms with Crippen LogP contribution >= 0.6 is 0 Å². The number of Topliss-reactive ketones (excluding diaryl/α,β-unsaturated/α-hetero) is 1. The number of fused-ring (bicyclic) bond motifs is 1. The summed E-state index contributed by atoms with van der Waals surface area (Å²) in [6.45, 7) is 0. The van der Waals surface area contributed by atoms with Gasteiger partial charge in [0.25, 0.3) is 5.91 Å². The van der Waals surface area contributed by atoms with Crippen LogP contribution in [0.5, 0.6) is 5.75 Å². The van der Waals surface area contributed by atoms with E-state index in [0.717, 1.165) is 30.3 Å². The maximum absolute atomic E-state index is 13.2. The average Bonchev–Trinajstić information content (AvgIpc) is 2.55. The highest BCUT2D eigenvalue weighted by Gasteiger charge is 2.33. The summed E-state index contributed by atoms with van der Waals surface area (Å²) in [7, 11) is 0. The van der Waals surface area contributed by atoms with E-state index in [1.54, 1.807) is 0 Å². The van der Waals surface area contributed by atoms with Crippen molar-refractivity contribution in [3.63, 3.8) is 0 Å². The molecule has 0 fully saturated rings. The number of carbonyl (C=O) groups is 2. The topological polar surface area (TPSA) is 55.4 Å². The normalized spacial score (nSPS) is 16.8. The van der Waals surface area contributed by atoms with Crippen LogP contribution in [0.15, 0.2) is 42.5 Å². The van der Waals surface area contributed by atoms with Gasteiger partial charge in [-0.15, -0.1) is 0 Å². The highest BCUT2D eigenvalue weighted by molar-refractivity contribution is 6.05. The Morgan fingerprint density at radius 1 is 1.16 bits per heavy atom. The summed E-state index contributed by atoms with van der Waals surface area (Å²) in [5.74, 6) is -1.79. The maximum Gasteiger partial charge on any atom is 0.416 e. The molecule has 3 rings (SSSR count). The quantitative estimate of drug-likeness (QED) is 0.835. The lowest BCUT2D eigenvalue weighted by atomic mass is 10.00. The number of halogens is 4. The Morgan fingerprint density at radius 3 is 2.64 bits per heavy atom. The number of ketones is 1. The molecule has 0 spiro atoms. The van der Waals surface area contributed by atoms with Crippen molar-refractivity contribution in [2.45, 2.75) is 18.7 Å². The Hall–Kier alpha value is -2.90. The molecule has 0 saturated carbocycles. The van der Waals surface area contributed by atoms with Gasteiger partial charge in [-0.25, -0.2) is 4.39 Å². The van der Waals surface area contributed by atoms with Crippen molar-refractivity contribution >= 4 is 17.4 Å². The predicted octanol–water partition coefficient (Wildman–Crippen LogP) is 3.82. The SMILES string of the molecule is O=C1CC(C(=O)Nc2cccc(C(F)(F)F)c2)Oc2ccc(F)cc21. The summed E-state index contributed by atoms with van der Waals surface area (Å²) in [5.41, 5.74) is -0.948. The lowest BCUT2D eigenvalue weighted by molar-refractivity contribution is -0.137. The molecule has 0 bridgehead atoms. The van der Waals surface area contributed by atoms with E-state index in [1.165, 1.54) is 12.1 Å². The second kappa shape index (κ2) is 6.19. The van der Waals surface area contributed by atoms with Gasteiger partial charge in [-0.05, 0) is 36.4 Å². The molecule has 1 N–H and O–H groups in total. The van der Waals surface area contributed by atoms with E-state index in [2.05, 4.69) is 5.32 Å². The Balaban J connectivity index is 1.77. The van der Waals surface area contributed by atoms with Crippen LogP contribution in [0.1, 0.15) is 22.3 Å². The smallest absolute Gasteiger partial charge is 0.416 e. The first-order valence-corrected chi connectivity index (χ1v) is 7.21. The summed E-state index contributed by atoms with van der Waals surface area (Å²) in [5, 5.41) is 2.30. The van der Waals surface area contributed by atoms with Gasteiger partial charge in [-0.3, -0.25) is 9.59 Å². The van der Waals surface area contributed by atoms with E-state index >= 15 is 0 Å². The van der Waals surface area contributed by atoms with Crippen LogP contribution in [0, 0.1) is 5.82 Å². The number of hydrogen-bond acceptors (Lipinski definition) is 3. The number of anilines is 1. The molecule has 0 aromatic heterocycles. The molecule has 1 aliphatic heterocycles. The third-order valence-corrected chi connectivity index (χ3v) is 3.63. The van der Waals surface area contributed by atoms with Gasteiger partial charge in [0.05, 0.1) is 17.5 Å². The second-order valence-electron chi connectivity index (χ2n) is 5.44. The number of nitrogens with one attached hydrogen (secondary N) is 1. The van der Waals surface area contributed by atoms with Crippen LogP contribution in [0.2, 0.25) is 0 Å². The van der Waals surface area contributed by atoms with E-state index in [9.17, 15) is 27.2 Å². The van der Waals surface area contributed by atoms with Crippen molar-refractivity contribution in [3.8, 4) is 5.75 Å². The first-order valence-electron chi connectivity index (χ1n) is 7.21. The van der Waals surface area contributed by atoms with Crippen LogP contribution in [0.25, 0.3) is 0 Å². The van der Waals surface area contributed by atoms with E-state index in [-0.39, 0.29) is 23.4 Å². The highest BCUT2D eigenvalue weighted by atomic mass is 19.4. The number of carbonyl (C=O) groups excluding carboxylic acids is 2. The van der Waals surface area contributed by atoms with Crippen LogP contribution in [0.3, 0.4) is 0 Å². The highest BCUT2D eigenvalue weighted by Crippen LogP contribution is 2.31. The first kappa shape index (κ1) is 16.9. The molecule has 130 valence electrons. The zero-order chi connectivity index (χ0) is 18.2. The van der Waals surface area contributed by atoms with E-state index < -0.39 is 35.4 Å². The van der Waals surface area contributed by atoms with E-state index in [0.29, 0.717) is 0 Å².